The van der Waals surface area contributed by atoms with Crippen molar-refractivity contribution in [2.45, 2.75) is 36.5 Å². The number of piperidine rings is 1. The summed E-state index contributed by atoms with van der Waals surface area (Å²) in [5.41, 5.74) is 2.12. The van der Waals surface area contributed by atoms with Gasteiger partial charge in [0.25, 0.3) is 5.91 Å². The zero-order valence-electron chi connectivity index (χ0n) is 20.7. The summed E-state index contributed by atoms with van der Waals surface area (Å²) in [4.78, 5) is 37.5. The maximum absolute atomic E-state index is 13.4. The average molecular weight is 552 g/mol. The Morgan fingerprint density at radius 3 is 2.37 bits per heavy atom. The number of benzene rings is 2. The number of aliphatic carboxylic acids is 1. The number of carboxylic acids is 1. The Morgan fingerprint density at radius 1 is 1.13 bits per heavy atom. The summed E-state index contributed by atoms with van der Waals surface area (Å²) < 4.78 is 47.5. The van der Waals surface area contributed by atoms with Crippen LogP contribution in [0, 0.1) is 11.7 Å². The van der Waals surface area contributed by atoms with Gasteiger partial charge in [0.05, 0.1) is 23.8 Å². The topological polar surface area (TPSA) is 162 Å². The number of carboxylic acid groups (broad SMARTS) is 1. The maximum atomic E-state index is 13.4. The number of carbonyl (C=O) groups is 3. The first-order valence-corrected chi connectivity index (χ1v) is 13.4. The van der Waals surface area contributed by atoms with Crippen molar-refractivity contribution in [1.82, 2.24) is 15.1 Å². The largest absolute Gasteiger partial charge is 0.497 e. The van der Waals surface area contributed by atoms with Crippen molar-refractivity contribution in [3.8, 4) is 5.75 Å². The van der Waals surface area contributed by atoms with Crippen LogP contribution < -0.4 is 14.9 Å². The Bertz CT molecular complexity index is 1260. The van der Waals surface area contributed by atoms with Gasteiger partial charge in [-0.25, -0.2) is 23.0 Å². The molecule has 3 rings (SSSR count). The summed E-state index contributed by atoms with van der Waals surface area (Å²) in [7, 11) is -2.85. The highest BCUT2D eigenvalue weighted by atomic mass is 32.2. The number of sulfonamides is 1. The highest BCUT2D eigenvalue weighted by Gasteiger charge is 2.30. The van der Waals surface area contributed by atoms with Gasteiger partial charge in [0.2, 0.25) is 15.9 Å². The fraction of sp³-hybridized carbons (Fsp3) is 0.400. The number of amides is 2. The van der Waals surface area contributed by atoms with Crippen LogP contribution >= 0.6 is 0 Å². The maximum Gasteiger partial charge on any atom is 0.306 e. The van der Waals surface area contributed by atoms with E-state index in [2.05, 4.69) is 4.72 Å². The second kappa shape index (κ2) is 12.8. The summed E-state index contributed by atoms with van der Waals surface area (Å²) in [5.74, 6) is -3.96. The Kier molecular flexibility index (Phi) is 9.78. The normalized spacial score (nSPS) is 15.1. The van der Waals surface area contributed by atoms with Gasteiger partial charge in [0, 0.05) is 26.1 Å². The van der Waals surface area contributed by atoms with E-state index in [4.69, 9.17) is 9.84 Å². The SMILES string of the molecule is COc1ccc(S(=O)(=O)NCCC(=O)N2CCC(C(=O)O)CC2)c(C(Cc2ccc(F)cc2)C(=O)NO)c1. The molecule has 1 aliphatic rings. The third-order valence-corrected chi connectivity index (χ3v) is 8.02. The van der Waals surface area contributed by atoms with E-state index in [1.807, 2.05) is 0 Å². The molecule has 2 amide bonds. The van der Waals surface area contributed by atoms with Crippen molar-refractivity contribution in [2.75, 3.05) is 26.7 Å². The number of hydroxylamine groups is 1. The molecule has 0 saturated carbocycles. The van der Waals surface area contributed by atoms with Gasteiger partial charge in [0.15, 0.2) is 0 Å². The van der Waals surface area contributed by atoms with Crippen LogP contribution in [0.3, 0.4) is 0 Å². The average Bonchev–Trinajstić information content (AvgIpc) is 2.91. The number of nitrogens with zero attached hydrogens (tertiary/aromatic N) is 1. The molecule has 0 radical (unpaired) electrons. The lowest BCUT2D eigenvalue weighted by molar-refractivity contribution is -0.145. The monoisotopic (exact) mass is 551 g/mol. The minimum atomic E-state index is -4.22. The van der Waals surface area contributed by atoms with Crippen LogP contribution in [0.25, 0.3) is 0 Å². The lowest BCUT2D eigenvalue weighted by Crippen LogP contribution is -2.41. The van der Waals surface area contributed by atoms with Crippen molar-refractivity contribution < 1.29 is 42.2 Å². The molecule has 0 aromatic heterocycles. The number of likely N-dealkylation sites (tertiary alicyclic amines) is 1. The first kappa shape index (κ1) is 29.0. The van der Waals surface area contributed by atoms with E-state index in [0.717, 1.165) is 0 Å². The highest BCUT2D eigenvalue weighted by molar-refractivity contribution is 7.89. The molecule has 1 saturated heterocycles. The predicted molar refractivity (Wildman–Crippen MR) is 133 cm³/mol. The fourth-order valence-corrected chi connectivity index (χ4v) is 5.64. The molecule has 0 spiro atoms. The van der Waals surface area contributed by atoms with E-state index in [0.29, 0.717) is 18.4 Å². The molecule has 1 atom stereocenters. The number of nitrogens with one attached hydrogen (secondary N) is 2. The van der Waals surface area contributed by atoms with Gasteiger partial charge in [-0.15, -0.1) is 0 Å². The van der Waals surface area contributed by atoms with Gasteiger partial charge in [-0.3, -0.25) is 19.6 Å². The zero-order chi connectivity index (χ0) is 27.9. The highest BCUT2D eigenvalue weighted by Crippen LogP contribution is 2.31. The van der Waals surface area contributed by atoms with Gasteiger partial charge >= 0.3 is 5.97 Å². The van der Waals surface area contributed by atoms with E-state index >= 15 is 0 Å². The molecule has 206 valence electrons. The molecule has 38 heavy (non-hydrogen) atoms. The minimum absolute atomic E-state index is 0.0368. The molecule has 1 unspecified atom stereocenters. The van der Waals surface area contributed by atoms with Crippen LogP contribution in [0.15, 0.2) is 47.4 Å². The summed E-state index contributed by atoms with van der Waals surface area (Å²) in [6.45, 7) is 0.347. The van der Waals surface area contributed by atoms with E-state index in [9.17, 15) is 32.4 Å². The molecular weight excluding hydrogens is 521 g/mol. The van der Waals surface area contributed by atoms with Gasteiger partial charge in [-0.1, -0.05) is 12.1 Å². The number of ether oxygens (including phenoxy) is 1. The second-order valence-electron chi connectivity index (χ2n) is 8.90. The van der Waals surface area contributed by atoms with Crippen LogP contribution in [0.4, 0.5) is 4.39 Å². The molecule has 1 aliphatic heterocycles. The third-order valence-electron chi connectivity index (χ3n) is 6.49. The molecule has 1 heterocycles. The van der Waals surface area contributed by atoms with Crippen LogP contribution in [0.2, 0.25) is 0 Å². The molecule has 2 aromatic carbocycles. The smallest absolute Gasteiger partial charge is 0.306 e. The Morgan fingerprint density at radius 2 is 1.79 bits per heavy atom. The molecule has 11 nitrogen and oxygen atoms in total. The number of halogens is 1. The lowest BCUT2D eigenvalue weighted by Gasteiger charge is -2.30. The van der Waals surface area contributed by atoms with Gasteiger partial charge in [-0.05, 0) is 60.7 Å². The first-order chi connectivity index (χ1) is 18.1. The summed E-state index contributed by atoms with van der Waals surface area (Å²) in [6.07, 6.45) is 0.487. The second-order valence-corrected chi connectivity index (χ2v) is 10.6. The summed E-state index contributed by atoms with van der Waals surface area (Å²) >= 11 is 0. The molecule has 13 heteroatoms. The predicted octanol–water partition coefficient (Wildman–Crippen LogP) is 1.66. The van der Waals surface area contributed by atoms with Gasteiger partial charge in [-0.2, -0.15) is 0 Å². The van der Waals surface area contributed by atoms with Crippen LogP contribution in [0.1, 0.15) is 36.3 Å². The van der Waals surface area contributed by atoms with Crippen molar-refractivity contribution >= 4 is 27.8 Å². The molecule has 0 aliphatic carbocycles. The van der Waals surface area contributed by atoms with Crippen molar-refractivity contribution in [3.05, 3.63) is 59.4 Å². The zero-order valence-corrected chi connectivity index (χ0v) is 21.5. The Balaban J connectivity index is 1.78. The third kappa shape index (κ3) is 7.27. The Hall–Kier alpha value is -3.55. The van der Waals surface area contributed by atoms with Gasteiger partial charge < -0.3 is 14.7 Å². The fourth-order valence-electron chi connectivity index (χ4n) is 4.35. The molecular formula is C25H30FN3O8S. The van der Waals surface area contributed by atoms with E-state index in [1.54, 1.807) is 5.48 Å². The van der Waals surface area contributed by atoms with E-state index in [1.165, 1.54) is 54.5 Å². The number of hydrogen-bond acceptors (Lipinski definition) is 7. The number of hydrogen-bond donors (Lipinski definition) is 4. The summed E-state index contributed by atoms with van der Waals surface area (Å²) in [6, 6.07) is 9.34. The number of methoxy groups -OCH3 is 1. The molecule has 2 aromatic rings. The van der Waals surface area contributed by atoms with Crippen molar-refractivity contribution in [3.63, 3.8) is 0 Å². The first-order valence-electron chi connectivity index (χ1n) is 11.9. The van der Waals surface area contributed by atoms with Crippen LogP contribution in [0.5, 0.6) is 5.75 Å². The number of carbonyl (C=O) groups excluding carboxylic acids is 2. The standard InChI is InChI=1S/C25H30FN3O8S/c1-37-19-6-7-22(20(15-19)21(24(31)28-34)14-16-2-4-18(26)5-3-16)38(35,36)27-11-8-23(30)29-12-9-17(10-13-29)25(32)33/h2-7,15,17,21,27,34H,8-14H2,1H3,(H,28,31)(H,32,33). The minimum Gasteiger partial charge on any atom is -0.497 e. The van der Waals surface area contributed by atoms with Crippen molar-refractivity contribution in [2.24, 2.45) is 5.92 Å². The van der Waals surface area contributed by atoms with E-state index < -0.39 is 39.6 Å². The number of rotatable bonds is 11. The van der Waals surface area contributed by atoms with Gasteiger partial charge in [0.1, 0.15) is 11.6 Å². The molecule has 4 N–H and O–H groups in total. The molecule has 0 bridgehead atoms. The molecule has 1 fully saturated rings. The van der Waals surface area contributed by atoms with E-state index in [-0.39, 0.29) is 54.6 Å². The Labute approximate surface area is 219 Å². The quantitative estimate of drug-likeness (QED) is 0.242. The van der Waals surface area contributed by atoms with Crippen molar-refractivity contribution in [1.29, 1.82) is 0 Å². The van der Waals surface area contributed by atoms with Crippen LogP contribution in [-0.2, 0) is 30.8 Å². The summed E-state index contributed by atoms with van der Waals surface area (Å²) in [5, 5.41) is 18.4. The van der Waals surface area contributed by atoms with Crippen LogP contribution in [-0.4, -0.2) is 68.2 Å². The lowest BCUT2D eigenvalue weighted by atomic mass is 9.91.